The third kappa shape index (κ3) is 6.51. The molecular weight excluding hydrogens is 406 g/mol. The molecule has 1 amide bonds. The molecule has 154 valence electrons. The molecule has 1 heterocycles. The molecule has 0 unspecified atom stereocenters. The van der Waals surface area contributed by atoms with Crippen LogP contribution in [0.2, 0.25) is 5.02 Å². The van der Waals surface area contributed by atoms with Gasteiger partial charge in [-0.05, 0) is 60.2 Å². The van der Waals surface area contributed by atoms with E-state index in [-0.39, 0.29) is 12.5 Å². The minimum atomic E-state index is -0.464. The highest BCUT2D eigenvalue weighted by Crippen LogP contribution is 2.24. The molecule has 0 spiro atoms. The number of likely N-dealkylation sites (tertiary alicyclic amines) is 1. The van der Waals surface area contributed by atoms with Crippen LogP contribution in [-0.2, 0) is 15.3 Å². The Labute approximate surface area is 181 Å². The molecule has 0 N–H and O–H groups in total. The van der Waals surface area contributed by atoms with Crippen LogP contribution < -0.4 is 0 Å². The molecule has 29 heavy (non-hydrogen) atoms. The lowest BCUT2D eigenvalue weighted by Crippen LogP contribution is -2.44. The minimum Gasteiger partial charge on any atom is -0.452 e. The van der Waals surface area contributed by atoms with E-state index in [2.05, 4.69) is 13.8 Å². The summed E-state index contributed by atoms with van der Waals surface area (Å²) in [6.45, 7) is 5.57. The summed E-state index contributed by atoms with van der Waals surface area (Å²) in [6, 6.07) is 15.0. The number of rotatable bonds is 6. The molecule has 1 aliphatic heterocycles. The Morgan fingerprint density at radius 2 is 1.66 bits per heavy atom. The van der Waals surface area contributed by atoms with Gasteiger partial charge < -0.3 is 9.64 Å². The normalized spacial score (nSPS) is 19.1. The van der Waals surface area contributed by atoms with Crippen LogP contribution in [0.25, 0.3) is 0 Å². The molecule has 2 atom stereocenters. The van der Waals surface area contributed by atoms with Gasteiger partial charge in [0, 0.05) is 28.8 Å². The summed E-state index contributed by atoms with van der Waals surface area (Å²) in [5.41, 5.74) is 1.56. The number of ether oxygens (including phenoxy) is 1. The smallest absolute Gasteiger partial charge is 0.338 e. The third-order valence-corrected chi connectivity index (χ3v) is 6.29. The van der Waals surface area contributed by atoms with Gasteiger partial charge in [0.05, 0.1) is 5.56 Å². The van der Waals surface area contributed by atoms with Crippen molar-refractivity contribution < 1.29 is 14.3 Å². The number of carbonyl (C=O) groups excluding carboxylic acids is 2. The first kappa shape index (κ1) is 21.7. The van der Waals surface area contributed by atoms with E-state index >= 15 is 0 Å². The Bertz CT molecular complexity index is 828. The number of amides is 1. The summed E-state index contributed by atoms with van der Waals surface area (Å²) in [5, 5.41) is 0.722. The second kappa shape index (κ2) is 10.2. The summed E-state index contributed by atoms with van der Waals surface area (Å²) >= 11 is 7.60. The first-order valence-corrected chi connectivity index (χ1v) is 11.2. The SMILES string of the molecule is C[C@@H]1C[C@@H](C)CN(C(=O)COC(=O)c2ccc(CSc3ccc(Cl)cc3)cc2)C1. The summed E-state index contributed by atoms with van der Waals surface area (Å²) < 4.78 is 5.25. The second-order valence-corrected chi connectivity index (χ2v) is 9.25. The molecule has 0 radical (unpaired) electrons. The van der Waals surface area contributed by atoms with Crippen molar-refractivity contribution in [2.24, 2.45) is 11.8 Å². The van der Waals surface area contributed by atoms with Crippen LogP contribution in [-0.4, -0.2) is 36.5 Å². The van der Waals surface area contributed by atoms with E-state index < -0.39 is 5.97 Å². The Balaban J connectivity index is 1.47. The van der Waals surface area contributed by atoms with E-state index in [0.717, 1.165) is 40.7 Å². The maximum Gasteiger partial charge on any atom is 0.338 e. The molecule has 1 saturated heterocycles. The number of carbonyl (C=O) groups is 2. The monoisotopic (exact) mass is 431 g/mol. The van der Waals surface area contributed by atoms with Gasteiger partial charge in [-0.1, -0.05) is 37.6 Å². The molecule has 2 aromatic rings. The van der Waals surface area contributed by atoms with Crippen LogP contribution in [0.15, 0.2) is 53.4 Å². The number of piperidine rings is 1. The Kier molecular flexibility index (Phi) is 7.62. The second-order valence-electron chi connectivity index (χ2n) is 7.76. The number of benzene rings is 2. The molecule has 2 aromatic carbocycles. The summed E-state index contributed by atoms with van der Waals surface area (Å²) in [7, 11) is 0. The van der Waals surface area contributed by atoms with Gasteiger partial charge in [-0.25, -0.2) is 4.79 Å². The highest BCUT2D eigenvalue weighted by molar-refractivity contribution is 7.98. The van der Waals surface area contributed by atoms with Crippen molar-refractivity contribution >= 4 is 35.2 Å². The van der Waals surface area contributed by atoms with Crippen molar-refractivity contribution in [2.75, 3.05) is 19.7 Å². The standard InChI is InChI=1S/C23H26ClNO3S/c1-16-11-17(2)13-25(12-16)22(26)14-28-23(27)19-5-3-18(4-6-19)15-29-21-9-7-20(24)8-10-21/h3-10,16-17H,11-15H2,1-2H3/t16-,17-/m1/s1. The number of hydrogen-bond donors (Lipinski definition) is 0. The first-order valence-electron chi connectivity index (χ1n) is 9.83. The molecule has 0 aliphatic carbocycles. The zero-order valence-electron chi connectivity index (χ0n) is 16.8. The van der Waals surface area contributed by atoms with Crippen LogP contribution in [0.1, 0.15) is 36.2 Å². The maximum atomic E-state index is 12.4. The molecule has 0 aromatic heterocycles. The van der Waals surface area contributed by atoms with Crippen LogP contribution in [0, 0.1) is 11.8 Å². The largest absolute Gasteiger partial charge is 0.452 e. The van der Waals surface area contributed by atoms with E-state index in [4.69, 9.17) is 16.3 Å². The zero-order chi connectivity index (χ0) is 20.8. The van der Waals surface area contributed by atoms with Crippen molar-refractivity contribution in [1.82, 2.24) is 4.90 Å². The summed E-state index contributed by atoms with van der Waals surface area (Å²) in [4.78, 5) is 27.6. The summed E-state index contributed by atoms with van der Waals surface area (Å²) in [6.07, 6.45) is 1.13. The molecule has 1 fully saturated rings. The number of nitrogens with zero attached hydrogens (tertiary/aromatic N) is 1. The van der Waals surface area contributed by atoms with E-state index in [0.29, 0.717) is 17.4 Å². The van der Waals surface area contributed by atoms with Gasteiger partial charge in [0.25, 0.3) is 5.91 Å². The molecule has 6 heteroatoms. The number of hydrogen-bond acceptors (Lipinski definition) is 4. The van der Waals surface area contributed by atoms with Crippen molar-refractivity contribution in [3.8, 4) is 0 Å². The topological polar surface area (TPSA) is 46.6 Å². The number of esters is 1. The molecule has 4 nitrogen and oxygen atoms in total. The summed E-state index contributed by atoms with van der Waals surface area (Å²) in [5.74, 6) is 1.18. The molecule has 3 rings (SSSR count). The molecule has 1 aliphatic rings. The van der Waals surface area contributed by atoms with Gasteiger partial charge in [0.2, 0.25) is 0 Å². The minimum absolute atomic E-state index is 0.118. The highest BCUT2D eigenvalue weighted by atomic mass is 35.5. The fraction of sp³-hybridized carbons (Fsp3) is 0.391. The van der Waals surface area contributed by atoms with E-state index in [9.17, 15) is 9.59 Å². The number of thioether (sulfide) groups is 1. The van der Waals surface area contributed by atoms with Crippen LogP contribution in [0.3, 0.4) is 0 Å². The Morgan fingerprint density at radius 1 is 1.03 bits per heavy atom. The van der Waals surface area contributed by atoms with Gasteiger partial charge in [0.1, 0.15) is 0 Å². The van der Waals surface area contributed by atoms with Crippen molar-refractivity contribution in [3.63, 3.8) is 0 Å². The van der Waals surface area contributed by atoms with Crippen molar-refractivity contribution in [2.45, 2.75) is 30.9 Å². The average molecular weight is 432 g/mol. The molecule has 0 saturated carbocycles. The lowest BCUT2D eigenvalue weighted by molar-refractivity contribution is -0.137. The lowest BCUT2D eigenvalue weighted by atomic mass is 9.92. The average Bonchev–Trinajstić information content (AvgIpc) is 2.71. The van der Waals surface area contributed by atoms with Crippen LogP contribution >= 0.6 is 23.4 Å². The van der Waals surface area contributed by atoms with Crippen molar-refractivity contribution in [1.29, 1.82) is 0 Å². The highest BCUT2D eigenvalue weighted by Gasteiger charge is 2.26. The maximum absolute atomic E-state index is 12.4. The fourth-order valence-electron chi connectivity index (χ4n) is 3.60. The Hall–Kier alpha value is -1.98. The fourth-order valence-corrected chi connectivity index (χ4v) is 4.58. The predicted molar refractivity (Wildman–Crippen MR) is 117 cm³/mol. The van der Waals surface area contributed by atoms with Gasteiger partial charge >= 0.3 is 5.97 Å². The quantitative estimate of drug-likeness (QED) is 0.460. The Morgan fingerprint density at radius 3 is 2.28 bits per heavy atom. The van der Waals surface area contributed by atoms with Gasteiger partial charge in [-0.15, -0.1) is 11.8 Å². The van der Waals surface area contributed by atoms with E-state index in [1.54, 1.807) is 23.9 Å². The van der Waals surface area contributed by atoms with Gasteiger partial charge in [-0.3, -0.25) is 4.79 Å². The van der Waals surface area contributed by atoms with Gasteiger partial charge in [0.15, 0.2) is 6.61 Å². The molecule has 0 bridgehead atoms. The third-order valence-electron chi connectivity index (χ3n) is 4.96. The lowest BCUT2D eigenvalue weighted by Gasteiger charge is -2.34. The predicted octanol–water partition coefficient (Wildman–Crippen LogP) is 5.29. The molecular formula is C23H26ClNO3S. The van der Waals surface area contributed by atoms with Gasteiger partial charge in [-0.2, -0.15) is 0 Å². The number of halogens is 1. The first-order chi connectivity index (χ1) is 13.9. The van der Waals surface area contributed by atoms with Crippen LogP contribution in [0.5, 0.6) is 0 Å². The van der Waals surface area contributed by atoms with Crippen molar-refractivity contribution in [3.05, 3.63) is 64.7 Å². The van der Waals surface area contributed by atoms with E-state index in [1.165, 1.54) is 0 Å². The zero-order valence-corrected chi connectivity index (χ0v) is 18.3. The van der Waals surface area contributed by atoms with E-state index in [1.807, 2.05) is 41.3 Å². The van der Waals surface area contributed by atoms with Crippen LogP contribution in [0.4, 0.5) is 0 Å².